The summed E-state index contributed by atoms with van der Waals surface area (Å²) in [6.45, 7) is 4.68. The monoisotopic (exact) mass is 580 g/mol. The van der Waals surface area contributed by atoms with Gasteiger partial charge in [0, 0.05) is 35.4 Å². The van der Waals surface area contributed by atoms with E-state index in [1.165, 1.54) is 11.1 Å². The highest BCUT2D eigenvalue weighted by Crippen LogP contribution is 2.21. The third-order valence-electron chi connectivity index (χ3n) is 5.52. The van der Waals surface area contributed by atoms with Crippen LogP contribution in [0.3, 0.4) is 0 Å². The Hall–Kier alpha value is -2.96. The predicted molar refractivity (Wildman–Crippen MR) is 123 cm³/mol. The van der Waals surface area contributed by atoms with Crippen molar-refractivity contribution in [2.75, 3.05) is 0 Å². The highest BCUT2D eigenvalue weighted by Gasteiger charge is 2.14. The minimum Gasteiger partial charge on any atom is -1.00 e. The first-order valence-electron chi connectivity index (χ1n) is 10.7. The SMILES string of the molecule is Cc1cc[n+](CC(=O)c2ccc(-c3ccc(C(=O)C[n+]4ccc(C)cc4)cc3)cc2)cc1.[Br-].[Br-]. The maximum absolute atomic E-state index is 12.6. The Labute approximate surface area is 221 Å². The predicted octanol–water partition coefficient (Wildman–Crippen LogP) is -1.68. The zero-order chi connectivity index (χ0) is 22.5. The van der Waals surface area contributed by atoms with Gasteiger partial charge in [0.2, 0.25) is 24.7 Å². The molecule has 174 valence electrons. The van der Waals surface area contributed by atoms with Gasteiger partial charge in [-0.15, -0.1) is 0 Å². The van der Waals surface area contributed by atoms with Gasteiger partial charge in [-0.25, -0.2) is 0 Å². The average Bonchev–Trinajstić information content (AvgIpc) is 2.82. The van der Waals surface area contributed by atoms with Crippen molar-refractivity contribution in [2.45, 2.75) is 26.9 Å². The van der Waals surface area contributed by atoms with Crippen LogP contribution in [0.15, 0.2) is 97.6 Å². The van der Waals surface area contributed by atoms with E-state index in [9.17, 15) is 9.59 Å². The number of carbonyl (C=O) groups is 2. The zero-order valence-corrected chi connectivity index (χ0v) is 22.3. The van der Waals surface area contributed by atoms with E-state index >= 15 is 0 Å². The molecule has 0 unspecified atom stereocenters. The van der Waals surface area contributed by atoms with E-state index in [0.29, 0.717) is 24.2 Å². The molecule has 0 spiro atoms. The summed E-state index contributed by atoms with van der Waals surface area (Å²) in [5.41, 5.74) is 5.72. The second-order valence-corrected chi connectivity index (χ2v) is 8.10. The second-order valence-electron chi connectivity index (χ2n) is 8.10. The van der Waals surface area contributed by atoms with E-state index in [1.54, 1.807) is 0 Å². The van der Waals surface area contributed by atoms with E-state index in [2.05, 4.69) is 0 Å². The van der Waals surface area contributed by atoms with Crippen LogP contribution in [0.1, 0.15) is 31.8 Å². The molecule has 0 bridgehead atoms. The third-order valence-corrected chi connectivity index (χ3v) is 5.52. The molecular weight excluding hydrogens is 556 g/mol. The number of aryl methyl sites for hydroxylation is 2. The molecule has 4 rings (SSSR count). The number of benzene rings is 2. The van der Waals surface area contributed by atoms with Gasteiger partial charge in [-0.2, -0.15) is 9.13 Å². The molecule has 0 N–H and O–H groups in total. The Kier molecular flexibility index (Phi) is 10.0. The smallest absolute Gasteiger partial charge is 0.227 e. The lowest BCUT2D eigenvalue weighted by molar-refractivity contribution is -0.683. The molecule has 0 saturated heterocycles. The number of hydrogen-bond acceptors (Lipinski definition) is 2. The lowest BCUT2D eigenvalue weighted by atomic mass is 10.00. The normalized spacial score (nSPS) is 10.1. The van der Waals surface area contributed by atoms with Crippen molar-refractivity contribution < 1.29 is 52.7 Å². The van der Waals surface area contributed by atoms with Crippen molar-refractivity contribution in [3.63, 3.8) is 0 Å². The van der Waals surface area contributed by atoms with E-state index in [1.807, 2.05) is 121 Å². The fourth-order valence-corrected chi connectivity index (χ4v) is 3.49. The standard InChI is InChI=1S/C28H26N2O2.2BrH/c1-21-11-15-29(16-12-21)19-27(31)25-7-3-23(4-8-25)24-5-9-26(10-6-24)28(32)20-30-17-13-22(2)14-18-30;;/h3-18H,19-20H2,1-2H3;2*1H/q+2;;/p-2. The maximum atomic E-state index is 12.6. The van der Waals surface area contributed by atoms with Crippen molar-refractivity contribution in [3.8, 4) is 11.1 Å². The number of nitrogens with zero attached hydrogens (tertiary/aromatic N) is 2. The van der Waals surface area contributed by atoms with Crippen LogP contribution in [0.5, 0.6) is 0 Å². The molecule has 4 nitrogen and oxygen atoms in total. The van der Waals surface area contributed by atoms with E-state index in [4.69, 9.17) is 0 Å². The number of carbonyl (C=O) groups excluding carboxylic acids is 2. The van der Waals surface area contributed by atoms with Crippen LogP contribution in [0.2, 0.25) is 0 Å². The van der Waals surface area contributed by atoms with Crippen molar-refractivity contribution in [3.05, 3.63) is 120 Å². The lowest BCUT2D eigenvalue weighted by Crippen LogP contribution is -3.00. The summed E-state index contributed by atoms with van der Waals surface area (Å²) in [5, 5.41) is 0. The van der Waals surface area contributed by atoms with Crippen LogP contribution < -0.4 is 43.1 Å². The van der Waals surface area contributed by atoms with Crippen LogP contribution >= 0.6 is 0 Å². The van der Waals surface area contributed by atoms with Gasteiger partial charge in [-0.05, 0) is 36.1 Å². The summed E-state index contributed by atoms with van der Waals surface area (Å²) >= 11 is 0. The summed E-state index contributed by atoms with van der Waals surface area (Å²) in [6, 6.07) is 23.2. The van der Waals surface area contributed by atoms with E-state index < -0.39 is 0 Å². The molecule has 0 atom stereocenters. The quantitative estimate of drug-likeness (QED) is 0.193. The first-order chi connectivity index (χ1) is 15.5. The number of pyridine rings is 2. The van der Waals surface area contributed by atoms with Crippen LogP contribution in [-0.4, -0.2) is 11.6 Å². The van der Waals surface area contributed by atoms with Crippen LogP contribution in [0.25, 0.3) is 11.1 Å². The molecule has 0 amide bonds. The van der Waals surface area contributed by atoms with Gasteiger partial charge in [0.05, 0.1) is 0 Å². The Balaban J connectivity index is 0.00000204. The number of ketones is 2. The van der Waals surface area contributed by atoms with Crippen molar-refractivity contribution >= 4 is 11.6 Å². The molecule has 0 aliphatic rings. The van der Waals surface area contributed by atoms with Gasteiger partial charge in [0.1, 0.15) is 0 Å². The average molecular weight is 582 g/mol. The number of halogens is 2. The Morgan fingerprint density at radius 3 is 1.12 bits per heavy atom. The molecule has 0 aliphatic carbocycles. The van der Waals surface area contributed by atoms with Crippen LogP contribution in [0.4, 0.5) is 0 Å². The molecule has 0 fully saturated rings. The first-order valence-corrected chi connectivity index (χ1v) is 10.7. The fraction of sp³-hybridized carbons (Fsp3) is 0.143. The van der Waals surface area contributed by atoms with Gasteiger partial charge in [0.25, 0.3) is 0 Å². The minimum absolute atomic E-state index is 0. The second kappa shape index (κ2) is 12.5. The molecule has 6 heteroatoms. The van der Waals surface area contributed by atoms with Gasteiger partial charge in [0.15, 0.2) is 24.8 Å². The van der Waals surface area contributed by atoms with Crippen molar-refractivity contribution in [1.29, 1.82) is 0 Å². The molecule has 34 heavy (non-hydrogen) atoms. The molecule has 2 aromatic carbocycles. The Morgan fingerprint density at radius 1 is 0.529 bits per heavy atom. The molecular formula is C28H26Br2N2O2. The number of Topliss-reactive ketones (excluding diaryl/α,β-unsaturated/α-hetero) is 2. The summed E-state index contributed by atoms with van der Waals surface area (Å²) in [6.07, 6.45) is 7.67. The highest BCUT2D eigenvalue weighted by atomic mass is 79.9. The summed E-state index contributed by atoms with van der Waals surface area (Å²) in [5.74, 6) is 0.139. The third kappa shape index (κ3) is 7.02. The Morgan fingerprint density at radius 2 is 0.824 bits per heavy atom. The molecule has 0 radical (unpaired) electrons. The van der Waals surface area contributed by atoms with E-state index in [0.717, 1.165) is 11.1 Å². The first kappa shape index (κ1) is 27.3. The van der Waals surface area contributed by atoms with E-state index in [-0.39, 0.29) is 45.5 Å². The maximum Gasteiger partial charge on any atom is 0.227 e. The van der Waals surface area contributed by atoms with Gasteiger partial charge in [-0.1, -0.05) is 48.5 Å². The highest BCUT2D eigenvalue weighted by molar-refractivity contribution is 5.96. The van der Waals surface area contributed by atoms with Crippen LogP contribution in [-0.2, 0) is 13.1 Å². The molecule has 2 heterocycles. The summed E-state index contributed by atoms with van der Waals surface area (Å²) in [4.78, 5) is 25.1. The Bertz CT molecular complexity index is 1130. The van der Waals surface area contributed by atoms with Crippen LogP contribution in [0, 0.1) is 13.8 Å². The molecule has 4 aromatic rings. The summed E-state index contributed by atoms with van der Waals surface area (Å²) < 4.78 is 3.77. The molecule has 0 saturated carbocycles. The topological polar surface area (TPSA) is 41.9 Å². The molecule has 2 aromatic heterocycles. The van der Waals surface area contributed by atoms with Crippen molar-refractivity contribution in [2.24, 2.45) is 0 Å². The number of rotatable bonds is 7. The minimum atomic E-state index is 0. The van der Waals surface area contributed by atoms with Gasteiger partial charge >= 0.3 is 0 Å². The molecule has 0 aliphatic heterocycles. The van der Waals surface area contributed by atoms with Crippen molar-refractivity contribution in [1.82, 2.24) is 0 Å². The number of hydrogen-bond donors (Lipinski definition) is 0. The van der Waals surface area contributed by atoms with Gasteiger partial charge < -0.3 is 34.0 Å². The zero-order valence-electron chi connectivity index (χ0n) is 19.1. The largest absolute Gasteiger partial charge is 1.00 e. The van der Waals surface area contributed by atoms with Gasteiger partial charge in [-0.3, -0.25) is 9.59 Å². The lowest BCUT2D eigenvalue weighted by Gasteiger charge is -2.05. The number of aromatic nitrogens is 2. The fourth-order valence-electron chi connectivity index (χ4n) is 3.49. The summed E-state index contributed by atoms with van der Waals surface area (Å²) in [7, 11) is 0.